The molecule has 5 rings (SSSR count). The summed E-state index contributed by atoms with van der Waals surface area (Å²) in [6, 6.07) is 22.9. The molecule has 2 heterocycles. The monoisotopic (exact) mass is 457 g/mol. The third-order valence-electron chi connectivity index (χ3n) is 6.85. The summed E-state index contributed by atoms with van der Waals surface area (Å²) in [5.74, 6) is 0.974. The summed E-state index contributed by atoms with van der Waals surface area (Å²) in [4.78, 5) is 14.1. The highest BCUT2D eigenvalue weighted by Gasteiger charge is 2.23. The van der Waals surface area contributed by atoms with Crippen molar-refractivity contribution in [2.75, 3.05) is 32.8 Å². The number of piperidine rings is 1. The van der Waals surface area contributed by atoms with Gasteiger partial charge in [0.05, 0.1) is 6.61 Å². The van der Waals surface area contributed by atoms with E-state index in [9.17, 15) is 9.90 Å². The molecule has 1 atom stereocenters. The van der Waals surface area contributed by atoms with Crippen LogP contribution < -0.4 is 4.74 Å². The van der Waals surface area contributed by atoms with Gasteiger partial charge in [0.25, 0.3) is 0 Å². The van der Waals surface area contributed by atoms with Gasteiger partial charge in [-0.15, -0.1) is 0 Å². The Kier molecular flexibility index (Phi) is 6.93. The van der Waals surface area contributed by atoms with E-state index < -0.39 is 6.10 Å². The van der Waals surface area contributed by atoms with Crippen molar-refractivity contribution in [1.82, 2.24) is 4.90 Å². The van der Waals surface area contributed by atoms with E-state index >= 15 is 0 Å². The Balaban J connectivity index is 1.12. The molecule has 3 aromatic carbocycles. The molecule has 0 radical (unpaired) electrons. The molecule has 0 bridgehead atoms. The molecule has 34 heavy (non-hydrogen) atoms. The van der Waals surface area contributed by atoms with Crippen LogP contribution in [0.5, 0.6) is 5.75 Å². The van der Waals surface area contributed by atoms with Gasteiger partial charge in [0, 0.05) is 24.1 Å². The molecule has 5 heteroatoms. The van der Waals surface area contributed by atoms with E-state index in [-0.39, 0.29) is 12.6 Å². The van der Waals surface area contributed by atoms with Crippen molar-refractivity contribution in [3.05, 3.63) is 83.4 Å². The fourth-order valence-electron chi connectivity index (χ4n) is 4.95. The third kappa shape index (κ3) is 5.32. The number of carbonyl (C=O) groups is 1. The van der Waals surface area contributed by atoms with Gasteiger partial charge >= 0.3 is 5.97 Å². The Hall–Kier alpha value is -3.15. The lowest BCUT2D eigenvalue weighted by molar-refractivity contribution is -0.134. The number of aliphatic hydroxyl groups is 1. The number of cyclic esters (lactones) is 1. The van der Waals surface area contributed by atoms with Crippen molar-refractivity contribution in [3.63, 3.8) is 0 Å². The molecule has 3 aromatic rings. The van der Waals surface area contributed by atoms with Crippen LogP contribution >= 0.6 is 0 Å². The van der Waals surface area contributed by atoms with E-state index in [1.165, 1.54) is 16.3 Å². The predicted octanol–water partition coefficient (Wildman–Crippen LogP) is 4.79. The van der Waals surface area contributed by atoms with Crippen LogP contribution in [0.25, 0.3) is 16.8 Å². The zero-order chi connectivity index (χ0) is 23.3. The highest BCUT2D eigenvalue weighted by Crippen LogP contribution is 2.30. The summed E-state index contributed by atoms with van der Waals surface area (Å²) < 4.78 is 11.0. The van der Waals surface area contributed by atoms with Crippen molar-refractivity contribution in [1.29, 1.82) is 0 Å². The number of fused-ring (bicyclic) bond motifs is 1. The van der Waals surface area contributed by atoms with E-state index in [1.807, 2.05) is 30.3 Å². The molecule has 1 unspecified atom stereocenters. The molecular formula is C29H31NO4. The normalized spacial score (nSPS) is 19.4. The molecule has 2 aliphatic rings. The molecule has 2 fully saturated rings. The van der Waals surface area contributed by atoms with E-state index in [1.54, 1.807) is 0 Å². The molecule has 176 valence electrons. The maximum Gasteiger partial charge on any atom is 0.334 e. The van der Waals surface area contributed by atoms with Crippen LogP contribution in [0.4, 0.5) is 0 Å². The van der Waals surface area contributed by atoms with Gasteiger partial charge in [0.2, 0.25) is 0 Å². The van der Waals surface area contributed by atoms with Gasteiger partial charge < -0.3 is 19.5 Å². The second-order valence-electron chi connectivity index (χ2n) is 9.24. The molecule has 1 N–H and O–H groups in total. The molecule has 0 aromatic heterocycles. The number of esters is 1. The number of rotatable bonds is 7. The average molecular weight is 458 g/mol. The first-order chi connectivity index (χ1) is 16.7. The number of aliphatic hydroxyl groups excluding tert-OH is 1. The minimum Gasteiger partial charge on any atom is -0.490 e. The molecule has 2 saturated heterocycles. The van der Waals surface area contributed by atoms with E-state index in [4.69, 9.17) is 9.47 Å². The SMILES string of the molecule is O=C1OCC/C1=C\c1ccccc1OCC(O)CN1CCC(c2ccc3ccccc3c2)CC1. The largest absolute Gasteiger partial charge is 0.490 e. The number of likely N-dealkylation sites (tertiary alicyclic amines) is 1. The Labute approximate surface area is 200 Å². The van der Waals surface area contributed by atoms with Gasteiger partial charge in [-0.3, -0.25) is 0 Å². The lowest BCUT2D eigenvalue weighted by Crippen LogP contribution is -2.40. The molecule has 0 spiro atoms. The summed E-state index contributed by atoms with van der Waals surface area (Å²) in [6.07, 6.45) is 4.06. The number of benzene rings is 3. The van der Waals surface area contributed by atoms with Crippen molar-refractivity contribution < 1.29 is 19.4 Å². The zero-order valence-electron chi connectivity index (χ0n) is 19.4. The zero-order valence-corrected chi connectivity index (χ0v) is 19.4. The van der Waals surface area contributed by atoms with Gasteiger partial charge in [-0.05, 0) is 60.3 Å². The minimum atomic E-state index is -0.575. The van der Waals surface area contributed by atoms with Crippen molar-refractivity contribution in [2.24, 2.45) is 0 Å². The van der Waals surface area contributed by atoms with Crippen LogP contribution in [0.2, 0.25) is 0 Å². The number of carbonyl (C=O) groups excluding carboxylic acids is 1. The maximum atomic E-state index is 11.8. The standard InChI is InChI=1S/C29H31NO4/c31-27(20-34-28-8-4-3-7-25(28)18-26-13-16-33-29(26)32)19-30-14-11-22(12-15-30)24-10-9-21-5-1-2-6-23(21)17-24/h1-10,17-18,22,27,31H,11-16,19-20H2/b26-18+. The molecule has 0 aliphatic carbocycles. The summed E-state index contributed by atoms with van der Waals surface area (Å²) in [7, 11) is 0. The number of para-hydroxylation sites is 1. The fourth-order valence-corrected chi connectivity index (χ4v) is 4.95. The first kappa shape index (κ1) is 22.6. The molecule has 0 amide bonds. The van der Waals surface area contributed by atoms with Crippen LogP contribution in [-0.2, 0) is 9.53 Å². The quantitative estimate of drug-likeness (QED) is 0.408. The Morgan fingerprint density at radius 2 is 1.79 bits per heavy atom. The fraction of sp³-hybridized carbons (Fsp3) is 0.345. The van der Waals surface area contributed by atoms with Crippen LogP contribution in [0.15, 0.2) is 72.3 Å². The molecular weight excluding hydrogens is 426 g/mol. The van der Waals surface area contributed by atoms with Gasteiger partial charge in [0.1, 0.15) is 18.5 Å². The van der Waals surface area contributed by atoms with Crippen LogP contribution in [0, 0.1) is 0 Å². The van der Waals surface area contributed by atoms with Gasteiger partial charge in [-0.2, -0.15) is 0 Å². The molecule has 5 nitrogen and oxygen atoms in total. The Bertz CT molecular complexity index is 1180. The highest BCUT2D eigenvalue weighted by atomic mass is 16.5. The number of β-amino-alcohol motifs (C(OH)–C–C–N with tert-alkyl or cyclic N) is 1. The van der Waals surface area contributed by atoms with Crippen LogP contribution in [0.1, 0.15) is 36.3 Å². The Morgan fingerprint density at radius 1 is 1.03 bits per heavy atom. The highest BCUT2D eigenvalue weighted by molar-refractivity contribution is 5.95. The summed E-state index contributed by atoms with van der Waals surface area (Å²) in [5, 5.41) is 13.2. The number of hydrogen-bond acceptors (Lipinski definition) is 5. The maximum absolute atomic E-state index is 11.8. The second kappa shape index (κ2) is 10.4. The van der Waals surface area contributed by atoms with E-state index in [0.29, 0.717) is 36.8 Å². The smallest absolute Gasteiger partial charge is 0.334 e. The average Bonchev–Trinajstić information content (AvgIpc) is 3.28. The van der Waals surface area contributed by atoms with Crippen molar-refractivity contribution in [3.8, 4) is 5.75 Å². The summed E-state index contributed by atoms with van der Waals surface area (Å²) in [5.41, 5.74) is 2.91. The third-order valence-corrected chi connectivity index (χ3v) is 6.85. The summed E-state index contributed by atoms with van der Waals surface area (Å²) in [6.45, 7) is 3.19. The predicted molar refractivity (Wildman–Crippen MR) is 134 cm³/mol. The number of ether oxygens (including phenoxy) is 2. The summed E-state index contributed by atoms with van der Waals surface area (Å²) >= 11 is 0. The lowest BCUT2D eigenvalue weighted by atomic mass is 9.88. The first-order valence-electron chi connectivity index (χ1n) is 12.1. The Morgan fingerprint density at radius 3 is 2.59 bits per heavy atom. The van der Waals surface area contributed by atoms with Gasteiger partial charge in [-0.1, -0.05) is 60.7 Å². The van der Waals surface area contributed by atoms with Crippen LogP contribution in [-0.4, -0.2) is 54.9 Å². The number of hydrogen-bond donors (Lipinski definition) is 1. The second-order valence-corrected chi connectivity index (χ2v) is 9.24. The number of nitrogens with zero attached hydrogens (tertiary/aromatic N) is 1. The van der Waals surface area contributed by atoms with E-state index in [0.717, 1.165) is 31.5 Å². The topological polar surface area (TPSA) is 59.0 Å². The van der Waals surface area contributed by atoms with E-state index in [2.05, 4.69) is 47.4 Å². The first-order valence-corrected chi connectivity index (χ1v) is 12.1. The lowest BCUT2D eigenvalue weighted by Gasteiger charge is -2.33. The van der Waals surface area contributed by atoms with Crippen molar-refractivity contribution in [2.45, 2.75) is 31.3 Å². The van der Waals surface area contributed by atoms with Crippen LogP contribution in [0.3, 0.4) is 0 Å². The molecule has 2 aliphatic heterocycles. The minimum absolute atomic E-state index is 0.217. The molecule has 0 saturated carbocycles. The van der Waals surface area contributed by atoms with Crippen molar-refractivity contribution >= 4 is 22.8 Å². The van der Waals surface area contributed by atoms with Gasteiger partial charge in [0.15, 0.2) is 0 Å². The van der Waals surface area contributed by atoms with Gasteiger partial charge in [-0.25, -0.2) is 4.79 Å².